The first-order valence-electron chi connectivity index (χ1n) is 9.25. The Morgan fingerprint density at radius 3 is 2.88 bits per heavy atom. The third-order valence-electron chi connectivity index (χ3n) is 5.24. The number of rotatable bonds is 6. The molecule has 0 bridgehead atoms. The predicted molar refractivity (Wildman–Crippen MR) is 95.2 cm³/mol. The van der Waals surface area contributed by atoms with Gasteiger partial charge in [0.05, 0.1) is 7.11 Å². The van der Waals surface area contributed by atoms with Gasteiger partial charge in [0.15, 0.2) is 11.5 Å². The molecule has 0 aliphatic carbocycles. The van der Waals surface area contributed by atoms with Crippen molar-refractivity contribution in [2.24, 2.45) is 0 Å². The van der Waals surface area contributed by atoms with Crippen molar-refractivity contribution in [1.82, 2.24) is 19.7 Å². The number of hydrogen-bond acceptors (Lipinski definition) is 5. The van der Waals surface area contributed by atoms with Gasteiger partial charge in [-0.25, -0.2) is 0 Å². The van der Waals surface area contributed by atoms with Crippen LogP contribution in [-0.2, 0) is 13.0 Å². The predicted octanol–water partition coefficient (Wildman–Crippen LogP) is 2.49. The molecule has 2 aromatic rings. The van der Waals surface area contributed by atoms with Crippen LogP contribution in [0.1, 0.15) is 36.8 Å². The Bertz CT molecular complexity index is 715. The Kier molecular flexibility index (Phi) is 4.88. The summed E-state index contributed by atoms with van der Waals surface area (Å²) >= 11 is 0. The lowest BCUT2D eigenvalue weighted by Crippen LogP contribution is -2.37. The monoisotopic (exact) mass is 342 g/mol. The molecule has 1 fully saturated rings. The van der Waals surface area contributed by atoms with E-state index in [1.807, 2.05) is 24.3 Å². The van der Waals surface area contributed by atoms with E-state index in [2.05, 4.69) is 19.7 Å². The fourth-order valence-corrected chi connectivity index (χ4v) is 3.97. The van der Waals surface area contributed by atoms with Crippen molar-refractivity contribution < 1.29 is 9.47 Å². The van der Waals surface area contributed by atoms with E-state index in [9.17, 15) is 0 Å². The van der Waals surface area contributed by atoms with Gasteiger partial charge in [0, 0.05) is 32.0 Å². The number of piperidine rings is 1. The molecule has 1 aromatic carbocycles. The Labute approximate surface area is 148 Å². The largest absolute Gasteiger partial charge is 0.493 e. The number of ether oxygens (including phenoxy) is 2. The quantitative estimate of drug-likeness (QED) is 0.807. The summed E-state index contributed by atoms with van der Waals surface area (Å²) in [5, 5.41) is 8.86. The van der Waals surface area contributed by atoms with Gasteiger partial charge in [0.25, 0.3) is 0 Å². The third kappa shape index (κ3) is 3.49. The maximum atomic E-state index is 5.93. The molecule has 4 rings (SSSR count). The van der Waals surface area contributed by atoms with Crippen LogP contribution >= 0.6 is 0 Å². The second-order valence-electron chi connectivity index (χ2n) is 6.87. The van der Waals surface area contributed by atoms with Crippen LogP contribution in [-0.4, -0.2) is 53.0 Å². The number of methoxy groups -OCH3 is 1. The van der Waals surface area contributed by atoms with Crippen LogP contribution in [0, 0.1) is 0 Å². The Balaban J connectivity index is 1.32. The molecular formula is C19H26N4O2. The molecule has 3 heterocycles. The average Bonchev–Trinajstić information content (AvgIpc) is 3.26. The number of aromatic nitrogens is 3. The summed E-state index contributed by atoms with van der Waals surface area (Å²) in [5.41, 5.74) is 0. The zero-order chi connectivity index (χ0) is 17.1. The third-order valence-corrected chi connectivity index (χ3v) is 5.24. The van der Waals surface area contributed by atoms with Crippen LogP contribution in [0.25, 0.3) is 0 Å². The number of benzene rings is 1. The summed E-state index contributed by atoms with van der Waals surface area (Å²) < 4.78 is 13.6. The van der Waals surface area contributed by atoms with E-state index in [1.165, 1.54) is 30.9 Å². The van der Waals surface area contributed by atoms with Gasteiger partial charge in [-0.3, -0.25) is 4.90 Å². The van der Waals surface area contributed by atoms with Gasteiger partial charge in [-0.15, -0.1) is 10.2 Å². The molecule has 6 nitrogen and oxygen atoms in total. The number of fused-ring (bicyclic) bond motifs is 1. The Hall–Kier alpha value is -2.08. The lowest BCUT2D eigenvalue weighted by Gasteiger charge is -2.32. The highest BCUT2D eigenvalue weighted by Gasteiger charge is 2.28. The van der Waals surface area contributed by atoms with Gasteiger partial charge in [-0.2, -0.15) is 0 Å². The summed E-state index contributed by atoms with van der Waals surface area (Å²) in [6.45, 7) is 4.87. The first kappa shape index (κ1) is 16.4. The summed E-state index contributed by atoms with van der Waals surface area (Å²) in [5.74, 6) is 4.47. The van der Waals surface area contributed by atoms with Crippen molar-refractivity contribution in [2.75, 3.05) is 33.4 Å². The van der Waals surface area contributed by atoms with Crippen LogP contribution in [0.3, 0.4) is 0 Å². The van der Waals surface area contributed by atoms with Crippen molar-refractivity contribution in [3.63, 3.8) is 0 Å². The number of likely N-dealkylation sites (tertiary alicyclic amines) is 1. The zero-order valence-electron chi connectivity index (χ0n) is 14.9. The molecule has 25 heavy (non-hydrogen) atoms. The van der Waals surface area contributed by atoms with E-state index in [0.717, 1.165) is 44.1 Å². The highest BCUT2D eigenvalue weighted by atomic mass is 16.5. The van der Waals surface area contributed by atoms with Crippen LogP contribution in [0.4, 0.5) is 0 Å². The van der Waals surface area contributed by atoms with Crippen molar-refractivity contribution in [1.29, 1.82) is 0 Å². The molecular weight excluding hydrogens is 316 g/mol. The number of para-hydroxylation sites is 2. The van der Waals surface area contributed by atoms with Gasteiger partial charge >= 0.3 is 0 Å². The molecule has 6 heteroatoms. The summed E-state index contributed by atoms with van der Waals surface area (Å²) in [6, 6.07) is 7.81. The van der Waals surface area contributed by atoms with E-state index in [4.69, 9.17) is 9.47 Å². The van der Waals surface area contributed by atoms with E-state index in [0.29, 0.717) is 12.5 Å². The number of nitrogens with zero attached hydrogens (tertiary/aromatic N) is 4. The van der Waals surface area contributed by atoms with Gasteiger partial charge in [-0.1, -0.05) is 12.1 Å². The lowest BCUT2D eigenvalue weighted by atomic mass is 9.97. The van der Waals surface area contributed by atoms with E-state index in [-0.39, 0.29) is 0 Å². The highest BCUT2D eigenvalue weighted by molar-refractivity contribution is 5.39. The molecule has 0 N–H and O–H groups in total. The van der Waals surface area contributed by atoms with E-state index in [1.54, 1.807) is 7.11 Å². The number of aryl methyl sites for hydroxylation is 1. The molecule has 134 valence electrons. The van der Waals surface area contributed by atoms with Crippen molar-refractivity contribution in [3.8, 4) is 11.5 Å². The van der Waals surface area contributed by atoms with Gasteiger partial charge in [-0.05, 0) is 37.9 Å². The summed E-state index contributed by atoms with van der Waals surface area (Å²) in [4.78, 5) is 2.49. The van der Waals surface area contributed by atoms with Crippen molar-refractivity contribution in [3.05, 3.63) is 35.9 Å². The van der Waals surface area contributed by atoms with Gasteiger partial charge in [0.2, 0.25) is 0 Å². The molecule has 1 aromatic heterocycles. The smallest absolute Gasteiger partial charge is 0.161 e. The zero-order valence-corrected chi connectivity index (χ0v) is 14.9. The topological polar surface area (TPSA) is 52.4 Å². The maximum Gasteiger partial charge on any atom is 0.161 e. The second kappa shape index (κ2) is 7.44. The van der Waals surface area contributed by atoms with Gasteiger partial charge in [0.1, 0.15) is 18.3 Å². The fourth-order valence-electron chi connectivity index (χ4n) is 3.97. The molecule has 0 saturated carbocycles. The molecule has 0 radical (unpaired) electrons. The van der Waals surface area contributed by atoms with Gasteiger partial charge < -0.3 is 14.0 Å². The Morgan fingerprint density at radius 2 is 2.00 bits per heavy atom. The van der Waals surface area contributed by atoms with E-state index < -0.39 is 0 Å². The molecule has 2 aliphatic heterocycles. The molecule has 1 atom stereocenters. The van der Waals surface area contributed by atoms with Crippen LogP contribution in [0.2, 0.25) is 0 Å². The van der Waals surface area contributed by atoms with Crippen LogP contribution in [0.5, 0.6) is 11.5 Å². The molecule has 0 spiro atoms. The number of hydrogen-bond donors (Lipinski definition) is 0. The first-order chi connectivity index (χ1) is 12.3. The molecule has 0 unspecified atom stereocenters. The van der Waals surface area contributed by atoms with Crippen LogP contribution < -0.4 is 9.47 Å². The lowest BCUT2D eigenvalue weighted by molar-refractivity contribution is 0.164. The Morgan fingerprint density at radius 1 is 1.12 bits per heavy atom. The van der Waals surface area contributed by atoms with E-state index >= 15 is 0 Å². The highest BCUT2D eigenvalue weighted by Crippen LogP contribution is 2.29. The summed E-state index contributed by atoms with van der Waals surface area (Å²) in [6.07, 6.45) is 4.71. The normalized spacial score (nSPS) is 20.4. The molecule has 0 amide bonds. The standard InChI is InChI=1S/C19H26N4O2/c1-24-16-7-2-3-8-17(16)25-13-12-22-10-4-6-15(14-22)19-21-20-18-9-5-11-23(18)19/h2-3,7-8,15H,4-6,9-14H2,1H3/t15-/m0/s1. The minimum atomic E-state index is 0.499. The average molecular weight is 342 g/mol. The van der Waals surface area contributed by atoms with Crippen molar-refractivity contribution in [2.45, 2.75) is 38.1 Å². The second-order valence-corrected chi connectivity index (χ2v) is 6.87. The minimum absolute atomic E-state index is 0.499. The first-order valence-corrected chi connectivity index (χ1v) is 9.25. The SMILES string of the molecule is COc1ccccc1OCCN1CCC[C@H](c2nnc3n2CCC3)C1. The van der Waals surface area contributed by atoms with Crippen LogP contribution in [0.15, 0.2) is 24.3 Å². The molecule has 2 aliphatic rings. The summed E-state index contributed by atoms with van der Waals surface area (Å²) in [7, 11) is 1.68. The fraction of sp³-hybridized carbons (Fsp3) is 0.579. The molecule has 1 saturated heterocycles. The minimum Gasteiger partial charge on any atom is -0.493 e. The van der Waals surface area contributed by atoms with Crippen molar-refractivity contribution >= 4 is 0 Å². The maximum absolute atomic E-state index is 5.93.